The molecule has 2 rings (SSSR count). The number of carboxylic acids is 1. The molecule has 0 aromatic carbocycles. The number of aliphatic carboxylic acids is 1. The lowest BCUT2D eigenvalue weighted by atomic mass is 9.85. The second-order valence-electron chi connectivity index (χ2n) is 5.30. The first-order chi connectivity index (χ1) is 9.52. The van der Waals surface area contributed by atoms with Crippen molar-refractivity contribution in [3.8, 4) is 0 Å². The Hall–Kier alpha value is -2.17. The highest BCUT2D eigenvalue weighted by Gasteiger charge is 2.45. The van der Waals surface area contributed by atoms with Crippen molar-refractivity contribution in [3.63, 3.8) is 0 Å². The summed E-state index contributed by atoms with van der Waals surface area (Å²) in [5.74, 6) is -1.12. The van der Waals surface area contributed by atoms with Crippen LogP contribution in [0, 0.1) is 5.41 Å². The third-order valence-corrected chi connectivity index (χ3v) is 3.87. The number of pyridine rings is 1. The molecule has 0 aliphatic heterocycles. The molecular formula is C15H18N2O3. The van der Waals surface area contributed by atoms with E-state index in [4.69, 9.17) is 0 Å². The molecule has 1 aliphatic carbocycles. The molecule has 2 atom stereocenters. The van der Waals surface area contributed by atoms with Crippen LogP contribution in [0.1, 0.15) is 31.7 Å². The number of aromatic nitrogens is 1. The number of hydrogen-bond acceptors (Lipinski definition) is 3. The van der Waals surface area contributed by atoms with Gasteiger partial charge < -0.3 is 10.4 Å². The van der Waals surface area contributed by atoms with Gasteiger partial charge in [-0.05, 0) is 37.5 Å². The van der Waals surface area contributed by atoms with Gasteiger partial charge in [-0.2, -0.15) is 0 Å². The summed E-state index contributed by atoms with van der Waals surface area (Å²) >= 11 is 0. The highest BCUT2D eigenvalue weighted by Crippen LogP contribution is 2.38. The van der Waals surface area contributed by atoms with E-state index in [0.717, 1.165) is 12.0 Å². The minimum Gasteiger partial charge on any atom is -0.481 e. The minimum atomic E-state index is -0.863. The molecule has 0 radical (unpaired) electrons. The Kier molecular flexibility index (Phi) is 4.17. The van der Waals surface area contributed by atoms with E-state index in [0.29, 0.717) is 12.8 Å². The highest BCUT2D eigenvalue weighted by atomic mass is 16.4. The van der Waals surface area contributed by atoms with Gasteiger partial charge in [0.2, 0.25) is 5.91 Å². The van der Waals surface area contributed by atoms with E-state index >= 15 is 0 Å². The molecular weight excluding hydrogens is 256 g/mol. The van der Waals surface area contributed by atoms with Gasteiger partial charge in [-0.1, -0.05) is 12.5 Å². The first-order valence-electron chi connectivity index (χ1n) is 6.64. The van der Waals surface area contributed by atoms with Gasteiger partial charge in [0, 0.05) is 24.5 Å². The van der Waals surface area contributed by atoms with Gasteiger partial charge in [0.1, 0.15) is 0 Å². The van der Waals surface area contributed by atoms with Crippen LogP contribution in [-0.2, 0) is 9.59 Å². The molecule has 1 fully saturated rings. The average molecular weight is 274 g/mol. The molecule has 1 heterocycles. The fraction of sp³-hybridized carbons (Fsp3) is 0.400. The van der Waals surface area contributed by atoms with Crippen molar-refractivity contribution in [1.29, 1.82) is 0 Å². The van der Waals surface area contributed by atoms with Crippen LogP contribution in [0.2, 0.25) is 0 Å². The molecule has 2 N–H and O–H groups in total. The van der Waals surface area contributed by atoms with Gasteiger partial charge >= 0.3 is 5.97 Å². The van der Waals surface area contributed by atoms with Crippen molar-refractivity contribution in [1.82, 2.24) is 10.3 Å². The lowest BCUT2D eigenvalue weighted by molar-refractivity contribution is -0.148. The molecule has 0 saturated heterocycles. The van der Waals surface area contributed by atoms with Crippen LogP contribution in [0.3, 0.4) is 0 Å². The average Bonchev–Trinajstić information content (AvgIpc) is 2.80. The maximum Gasteiger partial charge on any atom is 0.311 e. The molecule has 1 aromatic heterocycles. The Labute approximate surface area is 117 Å². The van der Waals surface area contributed by atoms with E-state index in [1.54, 1.807) is 31.5 Å². The van der Waals surface area contributed by atoms with E-state index in [9.17, 15) is 14.7 Å². The van der Waals surface area contributed by atoms with Gasteiger partial charge in [-0.15, -0.1) is 0 Å². The molecule has 1 saturated carbocycles. The molecule has 5 nitrogen and oxygen atoms in total. The number of amides is 1. The van der Waals surface area contributed by atoms with E-state index in [1.807, 2.05) is 6.07 Å². The molecule has 2 unspecified atom stereocenters. The Bertz CT molecular complexity index is 527. The highest BCUT2D eigenvalue weighted by molar-refractivity contribution is 5.92. The van der Waals surface area contributed by atoms with Crippen molar-refractivity contribution in [2.24, 2.45) is 5.41 Å². The van der Waals surface area contributed by atoms with Crippen molar-refractivity contribution in [3.05, 3.63) is 36.2 Å². The first kappa shape index (κ1) is 14.2. The fourth-order valence-electron chi connectivity index (χ4n) is 2.52. The summed E-state index contributed by atoms with van der Waals surface area (Å²) in [6.07, 6.45) is 8.51. The van der Waals surface area contributed by atoms with Crippen molar-refractivity contribution >= 4 is 18.0 Å². The van der Waals surface area contributed by atoms with E-state index < -0.39 is 11.4 Å². The topological polar surface area (TPSA) is 79.3 Å². The van der Waals surface area contributed by atoms with Crippen LogP contribution in [0.4, 0.5) is 0 Å². The number of nitrogens with one attached hydrogen (secondary N) is 1. The number of carboxylic acid groups (broad SMARTS) is 1. The van der Waals surface area contributed by atoms with Gasteiger partial charge in [0.15, 0.2) is 0 Å². The predicted molar refractivity (Wildman–Crippen MR) is 74.8 cm³/mol. The summed E-state index contributed by atoms with van der Waals surface area (Å²) in [6, 6.07) is 3.31. The van der Waals surface area contributed by atoms with Crippen molar-refractivity contribution in [2.75, 3.05) is 0 Å². The minimum absolute atomic E-state index is 0.270. The molecule has 106 valence electrons. The molecule has 1 amide bonds. The normalized spacial score (nSPS) is 25.8. The third kappa shape index (κ3) is 3.04. The van der Waals surface area contributed by atoms with Crippen LogP contribution in [0.25, 0.3) is 6.08 Å². The smallest absolute Gasteiger partial charge is 0.311 e. The quantitative estimate of drug-likeness (QED) is 0.821. The zero-order valence-corrected chi connectivity index (χ0v) is 11.4. The maximum absolute atomic E-state index is 11.9. The van der Waals surface area contributed by atoms with Gasteiger partial charge in [0.25, 0.3) is 0 Å². The first-order valence-corrected chi connectivity index (χ1v) is 6.64. The zero-order chi connectivity index (χ0) is 14.6. The van der Waals surface area contributed by atoms with Crippen molar-refractivity contribution in [2.45, 2.75) is 32.2 Å². The number of hydrogen-bond donors (Lipinski definition) is 2. The molecule has 20 heavy (non-hydrogen) atoms. The van der Waals surface area contributed by atoms with Crippen LogP contribution in [0.5, 0.6) is 0 Å². The Morgan fingerprint density at radius 3 is 3.00 bits per heavy atom. The van der Waals surface area contributed by atoms with Crippen LogP contribution >= 0.6 is 0 Å². The second kappa shape index (κ2) is 5.86. The maximum atomic E-state index is 11.9. The van der Waals surface area contributed by atoms with Gasteiger partial charge in [0.05, 0.1) is 5.41 Å². The molecule has 1 aromatic rings. The standard InChI is InChI=1S/C15H18N2O3/c1-15(14(19)20)8-2-5-12(15)17-13(18)7-6-11-4-3-9-16-10-11/h3-4,6-7,9-10,12H,2,5,8H2,1H3,(H,17,18)(H,19,20)/b7-6+. The largest absolute Gasteiger partial charge is 0.481 e. The monoisotopic (exact) mass is 274 g/mol. The number of rotatable bonds is 4. The van der Waals surface area contributed by atoms with Gasteiger partial charge in [-0.25, -0.2) is 0 Å². The summed E-state index contributed by atoms with van der Waals surface area (Å²) in [4.78, 5) is 27.1. The van der Waals surface area contributed by atoms with Crippen molar-refractivity contribution < 1.29 is 14.7 Å². The number of nitrogens with zero attached hydrogens (tertiary/aromatic N) is 1. The number of carbonyl (C=O) groups excluding carboxylic acids is 1. The lowest BCUT2D eigenvalue weighted by Gasteiger charge is -2.27. The van der Waals surface area contributed by atoms with E-state index in [2.05, 4.69) is 10.3 Å². The fourth-order valence-corrected chi connectivity index (χ4v) is 2.52. The SMILES string of the molecule is CC1(C(=O)O)CCCC1NC(=O)/C=C/c1cccnc1. The zero-order valence-electron chi connectivity index (χ0n) is 11.4. The van der Waals surface area contributed by atoms with Crippen LogP contribution in [-0.4, -0.2) is 28.0 Å². The summed E-state index contributed by atoms with van der Waals surface area (Å²) in [5, 5.41) is 12.1. The third-order valence-electron chi connectivity index (χ3n) is 3.87. The van der Waals surface area contributed by atoms with Crippen LogP contribution < -0.4 is 5.32 Å². The van der Waals surface area contributed by atoms with Crippen LogP contribution in [0.15, 0.2) is 30.6 Å². The Balaban J connectivity index is 1.98. The molecule has 5 heteroatoms. The number of carbonyl (C=O) groups is 2. The Morgan fingerprint density at radius 1 is 1.55 bits per heavy atom. The summed E-state index contributed by atoms with van der Waals surface area (Å²) in [7, 11) is 0. The second-order valence-corrected chi connectivity index (χ2v) is 5.30. The summed E-state index contributed by atoms with van der Waals surface area (Å²) in [6.45, 7) is 1.69. The van der Waals surface area contributed by atoms with E-state index in [1.165, 1.54) is 6.08 Å². The van der Waals surface area contributed by atoms with E-state index in [-0.39, 0.29) is 11.9 Å². The Morgan fingerprint density at radius 2 is 2.35 bits per heavy atom. The predicted octanol–water partition coefficient (Wildman–Crippen LogP) is 1.85. The molecule has 1 aliphatic rings. The molecule has 0 spiro atoms. The molecule has 0 bridgehead atoms. The summed E-state index contributed by atoms with van der Waals surface area (Å²) in [5.41, 5.74) is -0.0345. The lowest BCUT2D eigenvalue weighted by Crippen LogP contribution is -2.46. The summed E-state index contributed by atoms with van der Waals surface area (Å²) < 4.78 is 0. The van der Waals surface area contributed by atoms with Gasteiger partial charge in [-0.3, -0.25) is 14.6 Å².